The van der Waals surface area contributed by atoms with Crippen LogP contribution in [-0.2, 0) is 0 Å². The van der Waals surface area contributed by atoms with E-state index in [1.807, 2.05) is 59.2 Å². The molecule has 1 saturated carbocycles. The van der Waals surface area contributed by atoms with Gasteiger partial charge in [0, 0.05) is 17.3 Å². The number of hydrogen-bond acceptors (Lipinski definition) is 6. The normalized spacial score (nSPS) is 18.9. The highest BCUT2D eigenvalue weighted by molar-refractivity contribution is 9.09. The zero-order valence-corrected chi connectivity index (χ0v) is 21.9. The van der Waals surface area contributed by atoms with E-state index in [-0.39, 0.29) is 23.5 Å². The van der Waals surface area contributed by atoms with Crippen molar-refractivity contribution in [1.29, 1.82) is 0 Å². The number of nitrogens with zero attached hydrogens (tertiary/aromatic N) is 4. The van der Waals surface area contributed by atoms with E-state index >= 15 is 0 Å². The number of rotatable bonds is 5. The van der Waals surface area contributed by atoms with Gasteiger partial charge < -0.3 is 16.4 Å². The lowest BCUT2D eigenvalue weighted by Gasteiger charge is -2.19. The molecule has 0 bridgehead atoms. The molecular weight excluding hydrogens is 549 g/mol. The highest BCUT2D eigenvalue weighted by Crippen LogP contribution is 2.41. The fourth-order valence-electron chi connectivity index (χ4n) is 5.16. The van der Waals surface area contributed by atoms with Gasteiger partial charge in [-0.05, 0) is 49.1 Å². The SMILES string of the molecule is Nc1c(C(=NC(Br)c2ccc(-c3ccc(F)cn3)cc2)Nc2ccccc2)c(=O)nc2n1[C@H]1CCC[C@H]1N2. The lowest BCUT2D eigenvalue weighted by Crippen LogP contribution is -2.30. The molecule has 1 fully saturated rings. The van der Waals surface area contributed by atoms with Crippen LogP contribution in [0.15, 0.2) is 82.7 Å². The Bertz CT molecular complexity index is 1560. The van der Waals surface area contributed by atoms with E-state index in [1.165, 1.54) is 12.3 Å². The van der Waals surface area contributed by atoms with Gasteiger partial charge in [0.1, 0.15) is 28.0 Å². The van der Waals surface area contributed by atoms with Crippen molar-refractivity contribution in [2.24, 2.45) is 4.99 Å². The summed E-state index contributed by atoms with van der Waals surface area (Å²) in [4.78, 5) is 26.1. The number of anilines is 3. The maximum atomic E-state index is 13.3. The van der Waals surface area contributed by atoms with E-state index in [4.69, 9.17) is 10.7 Å². The van der Waals surface area contributed by atoms with Crippen LogP contribution < -0.4 is 21.9 Å². The van der Waals surface area contributed by atoms with Crippen LogP contribution in [0, 0.1) is 5.82 Å². The minimum Gasteiger partial charge on any atom is -0.384 e. The third kappa shape index (κ3) is 4.56. The predicted octanol–water partition coefficient (Wildman–Crippen LogP) is 5.50. The summed E-state index contributed by atoms with van der Waals surface area (Å²) in [7, 11) is 0. The number of para-hydroxylation sites is 1. The summed E-state index contributed by atoms with van der Waals surface area (Å²) in [5.74, 6) is 0.815. The lowest BCUT2D eigenvalue weighted by molar-refractivity contribution is 0.536. The summed E-state index contributed by atoms with van der Waals surface area (Å²) in [5, 5.41) is 6.65. The molecule has 1 unspecified atom stereocenters. The number of nitrogens with one attached hydrogen (secondary N) is 2. The molecule has 3 heterocycles. The highest BCUT2D eigenvalue weighted by Gasteiger charge is 2.38. The van der Waals surface area contributed by atoms with E-state index in [1.54, 1.807) is 6.07 Å². The third-order valence-electron chi connectivity index (χ3n) is 7.02. The van der Waals surface area contributed by atoms with Gasteiger partial charge in [0.05, 0.1) is 17.9 Å². The Kier molecular flexibility index (Phi) is 6.40. The Hall–Kier alpha value is -4.05. The van der Waals surface area contributed by atoms with Gasteiger partial charge in [-0.2, -0.15) is 4.98 Å². The third-order valence-corrected chi connectivity index (χ3v) is 7.75. The second-order valence-corrected chi connectivity index (χ2v) is 10.3. The quantitative estimate of drug-likeness (QED) is 0.126. The molecule has 1 aliphatic heterocycles. The molecule has 3 atom stereocenters. The van der Waals surface area contributed by atoms with Crippen LogP contribution >= 0.6 is 15.9 Å². The monoisotopic (exact) mass is 573 g/mol. The Balaban J connectivity index is 1.38. The molecule has 6 rings (SSSR count). The van der Waals surface area contributed by atoms with Gasteiger partial charge in [-0.15, -0.1) is 0 Å². The second kappa shape index (κ2) is 10.0. The van der Waals surface area contributed by atoms with Crippen molar-refractivity contribution < 1.29 is 4.39 Å². The molecule has 4 N–H and O–H groups in total. The van der Waals surface area contributed by atoms with E-state index in [9.17, 15) is 9.18 Å². The van der Waals surface area contributed by atoms with Crippen molar-refractivity contribution in [3.63, 3.8) is 0 Å². The molecule has 4 aromatic rings. The van der Waals surface area contributed by atoms with Crippen LogP contribution in [0.3, 0.4) is 0 Å². The largest absolute Gasteiger partial charge is 0.384 e. The molecule has 0 amide bonds. The molecular formula is C28H25BrFN7O. The number of fused-ring (bicyclic) bond motifs is 3. The minimum atomic E-state index is -0.488. The zero-order valence-electron chi connectivity index (χ0n) is 20.3. The summed E-state index contributed by atoms with van der Waals surface area (Å²) >= 11 is 3.67. The average molecular weight is 574 g/mol. The number of hydrogen-bond donors (Lipinski definition) is 3. The standard InChI is InChI=1S/C28H25BrFN7O/c29-24(17-11-9-16(10-12-17)20-14-13-18(30)15-32-20)35-26(33-19-5-2-1-3-6-19)23-25(31)37-22-8-4-7-21(22)34-28(37)36-27(23)38/h1-3,5-6,9-15,21-22,24H,4,7-8,31H2,(H,33,35)(H,34,36,38)/t21-,22+,24?/m1/s1. The molecule has 10 heteroatoms. The number of aliphatic imine (C=N–C) groups is 1. The van der Waals surface area contributed by atoms with Crippen LogP contribution in [0.25, 0.3) is 11.3 Å². The number of pyridine rings is 1. The van der Waals surface area contributed by atoms with Crippen molar-refractivity contribution in [1.82, 2.24) is 14.5 Å². The number of halogens is 2. The van der Waals surface area contributed by atoms with Crippen molar-refractivity contribution >= 4 is 39.2 Å². The minimum absolute atomic E-state index is 0.169. The van der Waals surface area contributed by atoms with E-state index < -0.39 is 10.5 Å². The van der Waals surface area contributed by atoms with E-state index in [0.717, 1.165) is 36.1 Å². The van der Waals surface area contributed by atoms with Gasteiger partial charge in [0.15, 0.2) is 0 Å². The molecule has 2 aromatic carbocycles. The first kappa shape index (κ1) is 24.3. The number of amidine groups is 1. The maximum Gasteiger partial charge on any atom is 0.287 e. The van der Waals surface area contributed by atoms with Gasteiger partial charge in [-0.1, -0.05) is 58.4 Å². The van der Waals surface area contributed by atoms with Crippen LogP contribution in [0.1, 0.15) is 41.4 Å². The molecule has 0 radical (unpaired) electrons. The predicted molar refractivity (Wildman–Crippen MR) is 151 cm³/mol. The molecule has 1 aliphatic carbocycles. The number of nitrogen functional groups attached to an aromatic ring is 1. The fourth-order valence-corrected chi connectivity index (χ4v) is 5.67. The first-order valence-electron chi connectivity index (χ1n) is 12.4. The smallest absolute Gasteiger partial charge is 0.287 e. The molecule has 2 aromatic heterocycles. The summed E-state index contributed by atoms with van der Waals surface area (Å²) < 4.78 is 15.2. The number of benzene rings is 2. The van der Waals surface area contributed by atoms with Crippen molar-refractivity contribution in [2.75, 3.05) is 16.4 Å². The zero-order chi connectivity index (χ0) is 26.2. The molecule has 2 aliphatic rings. The Morgan fingerprint density at radius 3 is 2.66 bits per heavy atom. The highest BCUT2D eigenvalue weighted by atomic mass is 79.9. The van der Waals surface area contributed by atoms with Crippen molar-refractivity contribution in [3.05, 3.63) is 100 Å². The molecule has 0 saturated heterocycles. The van der Waals surface area contributed by atoms with Crippen molar-refractivity contribution in [3.8, 4) is 11.3 Å². The Morgan fingerprint density at radius 2 is 1.92 bits per heavy atom. The van der Waals surface area contributed by atoms with Crippen LogP contribution in [-0.4, -0.2) is 26.4 Å². The summed E-state index contributed by atoms with van der Waals surface area (Å²) in [5.41, 5.74) is 9.61. The fraction of sp³-hybridized carbons (Fsp3) is 0.214. The molecule has 0 spiro atoms. The van der Waals surface area contributed by atoms with Crippen LogP contribution in [0.4, 0.5) is 21.8 Å². The first-order valence-corrected chi connectivity index (χ1v) is 13.3. The summed E-state index contributed by atoms with van der Waals surface area (Å²) in [6, 6.07) is 20.5. The topological polar surface area (TPSA) is 110 Å². The average Bonchev–Trinajstić information content (AvgIpc) is 3.51. The van der Waals surface area contributed by atoms with Gasteiger partial charge >= 0.3 is 0 Å². The van der Waals surface area contributed by atoms with Crippen LogP contribution in [0.2, 0.25) is 0 Å². The maximum absolute atomic E-state index is 13.3. The van der Waals surface area contributed by atoms with E-state index in [2.05, 4.69) is 36.5 Å². The molecule has 8 nitrogen and oxygen atoms in total. The van der Waals surface area contributed by atoms with Gasteiger partial charge in [0.2, 0.25) is 5.95 Å². The second-order valence-electron chi connectivity index (χ2n) is 9.41. The molecule has 192 valence electrons. The first-order chi connectivity index (χ1) is 18.5. The number of nitrogens with two attached hydrogens (primary N) is 1. The lowest BCUT2D eigenvalue weighted by atomic mass is 10.1. The van der Waals surface area contributed by atoms with Gasteiger partial charge in [0.25, 0.3) is 5.56 Å². The van der Waals surface area contributed by atoms with Gasteiger partial charge in [-0.3, -0.25) is 14.3 Å². The number of aromatic nitrogens is 3. The Morgan fingerprint density at radius 1 is 1.13 bits per heavy atom. The summed E-state index contributed by atoms with van der Waals surface area (Å²) in [6.07, 6.45) is 4.29. The van der Waals surface area contributed by atoms with Gasteiger partial charge in [-0.25, -0.2) is 9.38 Å². The molecule has 38 heavy (non-hydrogen) atoms. The van der Waals surface area contributed by atoms with Crippen molar-refractivity contribution in [2.45, 2.75) is 36.3 Å². The van der Waals surface area contributed by atoms with E-state index in [0.29, 0.717) is 23.3 Å². The van der Waals surface area contributed by atoms with Crippen LogP contribution in [0.5, 0.6) is 0 Å². The summed E-state index contributed by atoms with van der Waals surface area (Å²) in [6.45, 7) is 0. The number of alkyl halides is 1. The Labute approximate surface area is 227 Å².